The van der Waals surface area contributed by atoms with Crippen LogP contribution in [0.4, 0.5) is 4.79 Å². The molecule has 0 aromatic carbocycles. The molecule has 6 nitrogen and oxygen atoms in total. The Morgan fingerprint density at radius 2 is 2.24 bits per heavy atom. The maximum atomic E-state index is 11.4. The number of amides is 3. The molecule has 0 radical (unpaired) electrons. The number of nitrogens with zero attached hydrogens (tertiary/aromatic N) is 1. The summed E-state index contributed by atoms with van der Waals surface area (Å²) in [5.74, 6) is -0.310. The number of urea groups is 1. The molecule has 0 aliphatic carbocycles. The third kappa shape index (κ3) is 6.25. The summed E-state index contributed by atoms with van der Waals surface area (Å²) >= 11 is 0. The summed E-state index contributed by atoms with van der Waals surface area (Å²) in [5.41, 5.74) is 5.70. The van der Waals surface area contributed by atoms with E-state index in [2.05, 4.69) is 17.2 Å². The van der Waals surface area contributed by atoms with Gasteiger partial charge in [-0.05, 0) is 6.42 Å². The van der Waals surface area contributed by atoms with Crippen molar-refractivity contribution in [3.05, 3.63) is 12.7 Å². The maximum Gasteiger partial charge on any atom is 0.321 e. The minimum atomic E-state index is -0.492. The van der Waals surface area contributed by atoms with Crippen molar-refractivity contribution in [2.75, 3.05) is 26.2 Å². The number of hydrogen-bond acceptors (Lipinski definition) is 4. The lowest BCUT2D eigenvalue weighted by Crippen LogP contribution is -2.44. The first kappa shape index (κ1) is 15.9. The molecule has 1 heterocycles. The molecule has 1 atom stereocenters. The first-order valence-electron chi connectivity index (χ1n) is 5.28. The lowest BCUT2D eigenvalue weighted by molar-refractivity contribution is -0.120. The molecule has 1 unspecified atom stereocenters. The Bertz CT molecular complexity index is 285. The van der Waals surface area contributed by atoms with E-state index in [0.717, 1.165) is 13.0 Å². The van der Waals surface area contributed by atoms with E-state index >= 15 is 0 Å². The maximum absolute atomic E-state index is 11.4. The van der Waals surface area contributed by atoms with Crippen LogP contribution in [0.1, 0.15) is 6.42 Å². The highest BCUT2D eigenvalue weighted by Crippen LogP contribution is 2.05. The average Bonchev–Trinajstić information content (AvgIpc) is 2.60. The van der Waals surface area contributed by atoms with E-state index in [4.69, 9.17) is 5.73 Å². The molecule has 17 heavy (non-hydrogen) atoms. The van der Waals surface area contributed by atoms with Crippen molar-refractivity contribution < 1.29 is 9.59 Å². The van der Waals surface area contributed by atoms with Crippen LogP contribution >= 0.6 is 12.4 Å². The molecule has 0 saturated carbocycles. The van der Waals surface area contributed by atoms with Crippen LogP contribution in [0.3, 0.4) is 0 Å². The third-order valence-electron chi connectivity index (χ3n) is 2.34. The first-order chi connectivity index (χ1) is 7.61. The fourth-order valence-corrected chi connectivity index (χ4v) is 1.58. The first-order valence-corrected chi connectivity index (χ1v) is 5.28. The van der Waals surface area contributed by atoms with Crippen molar-refractivity contribution in [2.24, 2.45) is 5.73 Å². The van der Waals surface area contributed by atoms with Gasteiger partial charge in [0.2, 0.25) is 5.91 Å². The van der Waals surface area contributed by atoms with Crippen molar-refractivity contribution in [3.8, 4) is 0 Å². The van der Waals surface area contributed by atoms with Crippen molar-refractivity contribution in [3.63, 3.8) is 0 Å². The molecular formula is C10H19ClN4O2. The van der Waals surface area contributed by atoms with Gasteiger partial charge >= 0.3 is 6.03 Å². The van der Waals surface area contributed by atoms with Gasteiger partial charge in [-0.2, -0.15) is 0 Å². The van der Waals surface area contributed by atoms with E-state index in [1.807, 2.05) is 4.90 Å². The Morgan fingerprint density at radius 1 is 1.53 bits per heavy atom. The highest BCUT2D eigenvalue weighted by atomic mass is 35.5. The van der Waals surface area contributed by atoms with Crippen molar-refractivity contribution >= 4 is 24.3 Å². The molecule has 1 saturated heterocycles. The van der Waals surface area contributed by atoms with Crippen LogP contribution in [0, 0.1) is 0 Å². The van der Waals surface area contributed by atoms with Gasteiger partial charge in [-0.25, -0.2) is 4.79 Å². The molecule has 1 aliphatic heterocycles. The quantitative estimate of drug-likeness (QED) is 0.594. The lowest BCUT2D eigenvalue weighted by Gasteiger charge is -2.14. The van der Waals surface area contributed by atoms with E-state index in [9.17, 15) is 9.59 Å². The second-order valence-electron chi connectivity index (χ2n) is 3.83. The molecule has 98 valence electrons. The van der Waals surface area contributed by atoms with Gasteiger partial charge in [0, 0.05) is 25.7 Å². The molecule has 1 aliphatic rings. The van der Waals surface area contributed by atoms with Gasteiger partial charge in [0.05, 0.1) is 6.54 Å². The van der Waals surface area contributed by atoms with Gasteiger partial charge in [-0.3, -0.25) is 15.0 Å². The van der Waals surface area contributed by atoms with E-state index in [-0.39, 0.29) is 30.9 Å². The summed E-state index contributed by atoms with van der Waals surface area (Å²) in [6.45, 7) is 5.53. The van der Waals surface area contributed by atoms with E-state index in [1.54, 1.807) is 6.08 Å². The molecule has 4 N–H and O–H groups in total. The number of imide groups is 1. The van der Waals surface area contributed by atoms with Crippen LogP contribution in [-0.4, -0.2) is 49.1 Å². The van der Waals surface area contributed by atoms with E-state index < -0.39 is 6.03 Å². The number of nitrogens with two attached hydrogens (primary N) is 1. The summed E-state index contributed by atoms with van der Waals surface area (Å²) in [6.07, 6.45) is 2.44. The van der Waals surface area contributed by atoms with Crippen LogP contribution in [0.2, 0.25) is 0 Å². The number of carbonyl (C=O) groups is 2. The third-order valence-corrected chi connectivity index (χ3v) is 2.34. The normalized spacial score (nSPS) is 19.2. The smallest absolute Gasteiger partial charge is 0.321 e. The van der Waals surface area contributed by atoms with Crippen molar-refractivity contribution in [1.82, 2.24) is 15.5 Å². The largest absolute Gasteiger partial charge is 0.334 e. The van der Waals surface area contributed by atoms with Crippen LogP contribution < -0.4 is 16.4 Å². The van der Waals surface area contributed by atoms with Gasteiger partial charge in [-0.1, -0.05) is 6.08 Å². The molecule has 1 fully saturated rings. The Balaban J connectivity index is 0.00000256. The summed E-state index contributed by atoms with van der Waals surface area (Å²) in [6, 6.07) is -0.351. The van der Waals surface area contributed by atoms with Gasteiger partial charge in [0.1, 0.15) is 0 Å². The Hall–Kier alpha value is -1.11. The summed E-state index contributed by atoms with van der Waals surface area (Å²) in [5, 5.41) is 4.70. The zero-order valence-electron chi connectivity index (χ0n) is 9.65. The topological polar surface area (TPSA) is 87.5 Å². The number of hydrogen-bond donors (Lipinski definition) is 3. The second-order valence-corrected chi connectivity index (χ2v) is 3.83. The fraction of sp³-hybridized carbons (Fsp3) is 0.600. The van der Waals surface area contributed by atoms with Gasteiger partial charge in [0.25, 0.3) is 0 Å². The number of halogens is 1. The fourth-order valence-electron chi connectivity index (χ4n) is 1.58. The number of likely N-dealkylation sites (tertiary alicyclic amines) is 1. The minimum absolute atomic E-state index is 0. The second kappa shape index (κ2) is 8.05. The molecule has 0 aromatic rings. The predicted molar refractivity (Wildman–Crippen MR) is 68.0 cm³/mol. The van der Waals surface area contributed by atoms with Crippen molar-refractivity contribution in [2.45, 2.75) is 12.5 Å². The summed E-state index contributed by atoms with van der Waals surface area (Å²) in [4.78, 5) is 24.4. The highest BCUT2D eigenvalue weighted by Gasteiger charge is 2.21. The number of carbonyl (C=O) groups excluding carboxylic acids is 2. The van der Waals surface area contributed by atoms with Crippen LogP contribution in [0.15, 0.2) is 12.7 Å². The monoisotopic (exact) mass is 262 g/mol. The average molecular weight is 263 g/mol. The van der Waals surface area contributed by atoms with E-state index in [1.165, 1.54) is 0 Å². The Kier molecular flexibility index (Phi) is 7.53. The van der Waals surface area contributed by atoms with Crippen LogP contribution in [-0.2, 0) is 4.79 Å². The highest BCUT2D eigenvalue weighted by molar-refractivity contribution is 5.95. The number of nitrogens with one attached hydrogen (secondary N) is 2. The van der Waals surface area contributed by atoms with Gasteiger partial charge < -0.3 is 11.1 Å². The molecule has 0 aromatic heterocycles. The van der Waals surface area contributed by atoms with Gasteiger partial charge in [0.15, 0.2) is 0 Å². The van der Waals surface area contributed by atoms with E-state index in [0.29, 0.717) is 13.1 Å². The molecular weight excluding hydrogens is 244 g/mol. The predicted octanol–water partition coefficient (Wildman–Crippen LogP) is -0.547. The van der Waals surface area contributed by atoms with Crippen molar-refractivity contribution in [1.29, 1.82) is 0 Å². The Morgan fingerprint density at radius 3 is 2.76 bits per heavy atom. The SMILES string of the molecule is C=CCNC(=O)NC(=O)CN1CCC(N)C1.Cl. The standard InChI is InChI=1S/C10H18N4O2.ClH/c1-2-4-12-10(16)13-9(15)7-14-5-3-8(11)6-14;/h2,8H,1,3-7,11H2,(H2,12,13,15,16);1H. The minimum Gasteiger partial charge on any atom is -0.334 e. The molecule has 0 spiro atoms. The van der Waals surface area contributed by atoms with Gasteiger partial charge in [-0.15, -0.1) is 19.0 Å². The molecule has 3 amide bonds. The summed E-state index contributed by atoms with van der Waals surface area (Å²) < 4.78 is 0. The zero-order chi connectivity index (χ0) is 12.0. The molecule has 7 heteroatoms. The lowest BCUT2D eigenvalue weighted by atomic mass is 10.3. The van der Waals surface area contributed by atoms with Crippen LogP contribution in [0.25, 0.3) is 0 Å². The Labute approximate surface area is 107 Å². The number of rotatable bonds is 4. The van der Waals surface area contributed by atoms with Crippen LogP contribution in [0.5, 0.6) is 0 Å². The summed E-state index contributed by atoms with van der Waals surface area (Å²) in [7, 11) is 0. The molecule has 0 bridgehead atoms. The zero-order valence-corrected chi connectivity index (χ0v) is 10.5. The molecule has 1 rings (SSSR count).